The largest absolute Gasteiger partial charge is 0.497 e. The van der Waals surface area contributed by atoms with Gasteiger partial charge >= 0.3 is 0 Å². The van der Waals surface area contributed by atoms with Crippen LogP contribution in [0.5, 0.6) is 5.75 Å². The van der Waals surface area contributed by atoms with Crippen molar-refractivity contribution in [3.05, 3.63) is 65.7 Å². The third kappa shape index (κ3) is 3.06. The molecule has 98 valence electrons. The van der Waals surface area contributed by atoms with Crippen LogP contribution in [0.15, 0.2) is 59.8 Å². The van der Waals surface area contributed by atoms with Gasteiger partial charge in [-0.05, 0) is 23.3 Å². The highest BCUT2D eigenvalue weighted by molar-refractivity contribution is 6.66. The Morgan fingerprint density at radius 2 is 1.63 bits per heavy atom. The molecule has 0 radical (unpaired) electrons. The topological polar surface area (TPSA) is 41.8 Å². The molecule has 1 N–H and O–H groups in total. The van der Waals surface area contributed by atoms with Gasteiger partial charge in [-0.2, -0.15) is 0 Å². The van der Waals surface area contributed by atoms with Crippen LogP contribution in [0.25, 0.3) is 0 Å². The van der Waals surface area contributed by atoms with E-state index in [1.54, 1.807) is 7.11 Å². The fraction of sp³-hybridized carbons (Fsp3) is 0.133. The van der Waals surface area contributed by atoms with Crippen LogP contribution in [0.4, 0.5) is 0 Å². The highest BCUT2D eigenvalue weighted by Gasteiger charge is 2.19. The maximum atomic E-state index is 8.96. The summed E-state index contributed by atoms with van der Waals surface area (Å²) in [6.45, 7) is 0. The van der Waals surface area contributed by atoms with Crippen molar-refractivity contribution in [3.8, 4) is 5.75 Å². The van der Waals surface area contributed by atoms with Crippen molar-refractivity contribution in [2.45, 2.75) is 5.92 Å². The fourth-order valence-corrected chi connectivity index (χ4v) is 2.22. The summed E-state index contributed by atoms with van der Waals surface area (Å²) in [5.41, 5.74) is 1.91. The van der Waals surface area contributed by atoms with Gasteiger partial charge in [0.1, 0.15) is 5.75 Å². The molecule has 19 heavy (non-hydrogen) atoms. The molecule has 1 atom stereocenters. The zero-order chi connectivity index (χ0) is 13.7. The summed E-state index contributed by atoms with van der Waals surface area (Å²) < 4.78 is 5.13. The number of benzene rings is 2. The van der Waals surface area contributed by atoms with Crippen molar-refractivity contribution in [2.24, 2.45) is 5.16 Å². The minimum Gasteiger partial charge on any atom is -0.497 e. The molecular formula is C15H14ClNO2. The third-order valence-corrected chi connectivity index (χ3v) is 3.21. The van der Waals surface area contributed by atoms with Gasteiger partial charge < -0.3 is 9.94 Å². The lowest BCUT2D eigenvalue weighted by Crippen LogP contribution is -2.09. The number of oxime groups is 1. The van der Waals surface area contributed by atoms with Gasteiger partial charge in [0.05, 0.1) is 13.0 Å². The van der Waals surface area contributed by atoms with Gasteiger partial charge in [0.15, 0.2) is 5.17 Å². The van der Waals surface area contributed by atoms with Crippen molar-refractivity contribution in [3.63, 3.8) is 0 Å². The Labute approximate surface area is 117 Å². The van der Waals surface area contributed by atoms with Crippen LogP contribution >= 0.6 is 11.6 Å². The molecule has 4 heteroatoms. The van der Waals surface area contributed by atoms with E-state index in [0.717, 1.165) is 16.9 Å². The minimum absolute atomic E-state index is 0.136. The number of ether oxygens (including phenoxy) is 1. The van der Waals surface area contributed by atoms with Crippen molar-refractivity contribution < 1.29 is 9.94 Å². The minimum atomic E-state index is -0.279. The molecule has 0 aromatic heterocycles. The SMILES string of the molecule is COc1ccc([C@@H](/C(Cl)=N/O)c2ccccc2)cc1. The van der Waals surface area contributed by atoms with E-state index in [0.29, 0.717) is 0 Å². The summed E-state index contributed by atoms with van der Waals surface area (Å²) in [6, 6.07) is 17.2. The molecule has 0 saturated heterocycles. The predicted octanol–water partition coefficient (Wildman–Crippen LogP) is 3.85. The smallest absolute Gasteiger partial charge is 0.157 e. The first-order valence-corrected chi connectivity index (χ1v) is 6.20. The van der Waals surface area contributed by atoms with Crippen molar-refractivity contribution in [1.82, 2.24) is 0 Å². The van der Waals surface area contributed by atoms with Crippen LogP contribution in [0.1, 0.15) is 17.0 Å². The second-order valence-corrected chi connectivity index (χ2v) is 4.43. The average Bonchev–Trinajstić information content (AvgIpc) is 2.49. The molecule has 0 aliphatic carbocycles. The summed E-state index contributed by atoms with van der Waals surface area (Å²) >= 11 is 6.04. The first-order chi connectivity index (χ1) is 9.26. The normalized spacial score (nSPS) is 13.1. The van der Waals surface area contributed by atoms with Crippen molar-refractivity contribution in [1.29, 1.82) is 0 Å². The first-order valence-electron chi connectivity index (χ1n) is 5.82. The number of hydrogen-bond donors (Lipinski definition) is 1. The molecular weight excluding hydrogens is 262 g/mol. The molecule has 0 spiro atoms. The van der Waals surface area contributed by atoms with E-state index < -0.39 is 0 Å². The zero-order valence-electron chi connectivity index (χ0n) is 10.5. The molecule has 0 aliphatic heterocycles. The van der Waals surface area contributed by atoms with Crippen LogP contribution in [-0.2, 0) is 0 Å². The molecule has 0 unspecified atom stereocenters. The van der Waals surface area contributed by atoms with Crippen LogP contribution in [0.2, 0.25) is 0 Å². The van der Waals surface area contributed by atoms with Gasteiger partial charge in [-0.3, -0.25) is 0 Å². The lowest BCUT2D eigenvalue weighted by molar-refractivity contribution is 0.319. The summed E-state index contributed by atoms with van der Waals surface area (Å²) in [7, 11) is 1.62. The molecule has 0 amide bonds. The second kappa shape index (κ2) is 6.25. The lowest BCUT2D eigenvalue weighted by atomic mass is 9.92. The van der Waals surface area contributed by atoms with Crippen LogP contribution < -0.4 is 4.74 Å². The first kappa shape index (κ1) is 13.4. The third-order valence-electron chi connectivity index (χ3n) is 2.92. The number of nitrogens with zero attached hydrogens (tertiary/aromatic N) is 1. The predicted molar refractivity (Wildman–Crippen MR) is 76.4 cm³/mol. The summed E-state index contributed by atoms with van der Waals surface area (Å²) in [4.78, 5) is 0. The summed E-state index contributed by atoms with van der Waals surface area (Å²) in [6.07, 6.45) is 0. The van der Waals surface area contributed by atoms with Gasteiger partial charge in [-0.1, -0.05) is 59.2 Å². The van der Waals surface area contributed by atoms with Crippen LogP contribution in [-0.4, -0.2) is 17.5 Å². The van der Waals surface area contributed by atoms with Gasteiger partial charge in [-0.15, -0.1) is 0 Å². The lowest BCUT2D eigenvalue weighted by Gasteiger charge is -2.15. The molecule has 3 nitrogen and oxygen atoms in total. The number of halogens is 1. The summed E-state index contributed by atoms with van der Waals surface area (Å²) in [5.74, 6) is 0.492. The van der Waals surface area contributed by atoms with E-state index in [9.17, 15) is 0 Å². The Morgan fingerprint density at radius 1 is 1.05 bits per heavy atom. The maximum Gasteiger partial charge on any atom is 0.157 e. The molecule has 0 saturated carbocycles. The molecule has 2 aromatic rings. The Kier molecular flexibility index (Phi) is 4.42. The van der Waals surface area contributed by atoms with E-state index in [-0.39, 0.29) is 11.1 Å². The second-order valence-electron chi connectivity index (χ2n) is 4.04. The maximum absolute atomic E-state index is 8.96. The molecule has 0 fully saturated rings. The van der Waals surface area contributed by atoms with E-state index in [2.05, 4.69) is 5.16 Å². The van der Waals surface area contributed by atoms with E-state index >= 15 is 0 Å². The fourth-order valence-electron chi connectivity index (χ4n) is 1.97. The Balaban J connectivity index is 2.43. The van der Waals surface area contributed by atoms with Crippen molar-refractivity contribution in [2.75, 3.05) is 7.11 Å². The van der Waals surface area contributed by atoms with Gasteiger partial charge in [0.25, 0.3) is 0 Å². The van der Waals surface area contributed by atoms with Gasteiger partial charge in [0.2, 0.25) is 0 Å². The molecule has 2 aromatic carbocycles. The molecule has 2 rings (SSSR count). The van der Waals surface area contributed by atoms with E-state index in [1.165, 1.54) is 0 Å². The van der Waals surface area contributed by atoms with Gasteiger partial charge in [-0.25, -0.2) is 0 Å². The summed E-state index contributed by atoms with van der Waals surface area (Å²) in [5, 5.41) is 12.2. The Hall–Kier alpha value is -2.00. The monoisotopic (exact) mass is 275 g/mol. The number of hydrogen-bond acceptors (Lipinski definition) is 3. The standard InChI is InChI=1S/C15H14ClNO2/c1-19-13-9-7-12(8-10-13)14(15(16)17-18)11-5-3-2-4-6-11/h2-10,14,18H,1H3/b17-15-/t14-/m0/s1. The Morgan fingerprint density at radius 3 is 2.16 bits per heavy atom. The van der Waals surface area contributed by atoms with E-state index in [4.69, 9.17) is 21.5 Å². The van der Waals surface area contributed by atoms with Crippen LogP contribution in [0, 0.1) is 0 Å². The Bertz CT molecular complexity index is 552. The quantitative estimate of drug-likeness (QED) is 0.523. The number of rotatable bonds is 4. The molecule has 0 aliphatic rings. The zero-order valence-corrected chi connectivity index (χ0v) is 11.2. The highest BCUT2D eigenvalue weighted by Crippen LogP contribution is 2.29. The van der Waals surface area contributed by atoms with Crippen LogP contribution in [0.3, 0.4) is 0 Å². The average molecular weight is 276 g/mol. The van der Waals surface area contributed by atoms with Gasteiger partial charge in [0, 0.05) is 0 Å². The number of methoxy groups -OCH3 is 1. The molecule has 0 bridgehead atoms. The highest BCUT2D eigenvalue weighted by atomic mass is 35.5. The van der Waals surface area contributed by atoms with E-state index in [1.807, 2.05) is 54.6 Å². The molecule has 0 heterocycles. The van der Waals surface area contributed by atoms with Crippen molar-refractivity contribution >= 4 is 16.8 Å².